The number of hydrazine groups is 1. The molecule has 0 spiro atoms. The van der Waals surface area contributed by atoms with E-state index in [1.165, 1.54) is 12.3 Å². The minimum atomic E-state index is -0.519. The Bertz CT molecular complexity index is 543. The van der Waals surface area contributed by atoms with Crippen molar-refractivity contribution in [3.8, 4) is 0 Å². The summed E-state index contributed by atoms with van der Waals surface area (Å²) in [4.78, 5) is 3.78. The predicted molar refractivity (Wildman–Crippen MR) is 69.8 cm³/mol. The molecule has 94 valence electrons. The van der Waals surface area contributed by atoms with Gasteiger partial charge in [-0.05, 0) is 23.8 Å². The summed E-state index contributed by atoms with van der Waals surface area (Å²) in [6, 6.07) is 5.93. The highest BCUT2D eigenvalue weighted by molar-refractivity contribution is 6.36. The van der Waals surface area contributed by atoms with Crippen LogP contribution in [0.5, 0.6) is 0 Å². The van der Waals surface area contributed by atoms with Gasteiger partial charge in [-0.1, -0.05) is 29.3 Å². The van der Waals surface area contributed by atoms with E-state index >= 15 is 0 Å². The molecule has 0 aliphatic rings. The van der Waals surface area contributed by atoms with Crippen molar-refractivity contribution in [1.82, 2.24) is 10.4 Å². The molecule has 6 heteroatoms. The van der Waals surface area contributed by atoms with Crippen LogP contribution < -0.4 is 11.3 Å². The van der Waals surface area contributed by atoms with Gasteiger partial charge in [-0.3, -0.25) is 10.8 Å². The number of nitrogens with two attached hydrogens (primary N) is 1. The van der Waals surface area contributed by atoms with Crippen LogP contribution in [0.2, 0.25) is 10.0 Å². The zero-order valence-corrected chi connectivity index (χ0v) is 10.7. The van der Waals surface area contributed by atoms with Gasteiger partial charge in [0.15, 0.2) is 0 Å². The Morgan fingerprint density at radius 2 is 1.89 bits per heavy atom. The van der Waals surface area contributed by atoms with Crippen molar-refractivity contribution in [2.45, 2.75) is 6.04 Å². The summed E-state index contributed by atoms with van der Waals surface area (Å²) >= 11 is 12.2. The van der Waals surface area contributed by atoms with E-state index in [1.807, 2.05) is 0 Å². The predicted octanol–water partition coefficient (Wildman–Crippen LogP) is 3.08. The Hall–Kier alpha value is -1.20. The molecular weight excluding hydrogens is 276 g/mol. The summed E-state index contributed by atoms with van der Waals surface area (Å²) < 4.78 is 13.2. The Kier molecular flexibility index (Phi) is 4.14. The van der Waals surface area contributed by atoms with E-state index in [-0.39, 0.29) is 0 Å². The standard InChI is InChI=1S/C12H10Cl2FN3/c13-9-2-1-3-10(14)11(9)12(18-16)7-4-8(15)6-17-5-7/h1-6,12,18H,16H2. The highest BCUT2D eigenvalue weighted by Crippen LogP contribution is 2.33. The van der Waals surface area contributed by atoms with Crippen LogP contribution in [0, 0.1) is 5.82 Å². The van der Waals surface area contributed by atoms with Gasteiger partial charge in [-0.25, -0.2) is 9.82 Å². The second-order valence-electron chi connectivity index (χ2n) is 3.67. The van der Waals surface area contributed by atoms with Crippen molar-refractivity contribution in [3.63, 3.8) is 0 Å². The number of benzene rings is 1. The molecule has 1 aromatic carbocycles. The van der Waals surface area contributed by atoms with Crippen LogP contribution in [0.25, 0.3) is 0 Å². The van der Waals surface area contributed by atoms with E-state index in [9.17, 15) is 4.39 Å². The molecule has 3 N–H and O–H groups in total. The molecule has 1 aromatic heterocycles. The number of aromatic nitrogens is 1. The van der Waals surface area contributed by atoms with Crippen LogP contribution in [0.4, 0.5) is 4.39 Å². The lowest BCUT2D eigenvalue weighted by atomic mass is 10.0. The maximum Gasteiger partial charge on any atom is 0.141 e. The van der Waals surface area contributed by atoms with E-state index in [1.54, 1.807) is 18.2 Å². The fourth-order valence-corrected chi connectivity index (χ4v) is 2.33. The maximum atomic E-state index is 13.2. The number of nitrogens with one attached hydrogen (secondary N) is 1. The highest BCUT2D eigenvalue weighted by Gasteiger charge is 2.19. The first kappa shape index (κ1) is 13.2. The number of rotatable bonds is 3. The number of hydrogen-bond donors (Lipinski definition) is 2. The fraction of sp³-hybridized carbons (Fsp3) is 0.0833. The maximum absolute atomic E-state index is 13.2. The number of pyridine rings is 1. The van der Waals surface area contributed by atoms with Crippen molar-refractivity contribution >= 4 is 23.2 Å². The summed E-state index contributed by atoms with van der Waals surface area (Å²) in [7, 11) is 0. The molecule has 2 rings (SSSR count). The molecule has 0 bridgehead atoms. The van der Waals surface area contributed by atoms with Crippen LogP contribution in [0.3, 0.4) is 0 Å². The summed E-state index contributed by atoms with van der Waals surface area (Å²) in [6.07, 6.45) is 2.62. The van der Waals surface area contributed by atoms with Crippen LogP contribution >= 0.6 is 23.2 Å². The average Bonchev–Trinajstić information content (AvgIpc) is 2.34. The summed E-state index contributed by atoms with van der Waals surface area (Å²) in [5, 5.41) is 0.907. The number of hydrogen-bond acceptors (Lipinski definition) is 3. The Morgan fingerprint density at radius 3 is 2.44 bits per heavy atom. The lowest BCUT2D eigenvalue weighted by molar-refractivity contribution is 0.598. The smallest absolute Gasteiger partial charge is 0.141 e. The topological polar surface area (TPSA) is 50.9 Å². The van der Waals surface area contributed by atoms with Crippen LogP contribution in [-0.2, 0) is 0 Å². The van der Waals surface area contributed by atoms with Crippen molar-refractivity contribution < 1.29 is 4.39 Å². The third-order valence-electron chi connectivity index (χ3n) is 2.51. The van der Waals surface area contributed by atoms with Gasteiger partial charge in [0.25, 0.3) is 0 Å². The minimum absolute atomic E-state index is 0.448. The molecule has 0 radical (unpaired) electrons. The lowest BCUT2D eigenvalue weighted by Gasteiger charge is -2.19. The highest BCUT2D eigenvalue weighted by atomic mass is 35.5. The zero-order valence-electron chi connectivity index (χ0n) is 9.20. The van der Waals surface area contributed by atoms with Crippen LogP contribution in [-0.4, -0.2) is 4.98 Å². The van der Waals surface area contributed by atoms with Crippen molar-refractivity contribution in [2.24, 2.45) is 5.84 Å². The zero-order chi connectivity index (χ0) is 13.1. The van der Waals surface area contributed by atoms with Gasteiger partial charge in [0.1, 0.15) is 5.82 Å². The molecule has 1 heterocycles. The minimum Gasteiger partial charge on any atom is -0.271 e. The summed E-state index contributed by atoms with van der Waals surface area (Å²) in [5.41, 5.74) is 3.71. The summed E-state index contributed by atoms with van der Waals surface area (Å²) in [5.74, 6) is 5.06. The average molecular weight is 286 g/mol. The van der Waals surface area contributed by atoms with Gasteiger partial charge in [-0.15, -0.1) is 0 Å². The first-order valence-electron chi connectivity index (χ1n) is 5.14. The molecule has 0 saturated carbocycles. The molecule has 2 aromatic rings. The largest absolute Gasteiger partial charge is 0.271 e. The lowest BCUT2D eigenvalue weighted by Crippen LogP contribution is -2.29. The Morgan fingerprint density at radius 1 is 1.22 bits per heavy atom. The number of nitrogens with zero attached hydrogens (tertiary/aromatic N) is 1. The van der Waals surface area contributed by atoms with E-state index in [4.69, 9.17) is 29.0 Å². The third kappa shape index (κ3) is 2.62. The summed E-state index contributed by atoms with van der Waals surface area (Å²) in [6.45, 7) is 0. The van der Waals surface area contributed by atoms with Gasteiger partial charge in [0, 0.05) is 21.8 Å². The van der Waals surface area contributed by atoms with Gasteiger partial charge < -0.3 is 0 Å². The molecule has 1 unspecified atom stereocenters. The quantitative estimate of drug-likeness (QED) is 0.673. The van der Waals surface area contributed by atoms with E-state index in [0.29, 0.717) is 21.2 Å². The molecule has 18 heavy (non-hydrogen) atoms. The second-order valence-corrected chi connectivity index (χ2v) is 4.49. The monoisotopic (exact) mass is 285 g/mol. The fourth-order valence-electron chi connectivity index (χ4n) is 1.72. The Balaban J connectivity index is 2.52. The van der Waals surface area contributed by atoms with Crippen LogP contribution in [0.15, 0.2) is 36.7 Å². The van der Waals surface area contributed by atoms with Gasteiger partial charge in [-0.2, -0.15) is 0 Å². The molecule has 0 aliphatic heterocycles. The molecule has 0 fully saturated rings. The van der Waals surface area contributed by atoms with Gasteiger partial charge in [0.05, 0.1) is 12.2 Å². The van der Waals surface area contributed by atoms with Gasteiger partial charge in [0.2, 0.25) is 0 Å². The van der Waals surface area contributed by atoms with E-state index in [0.717, 1.165) is 6.20 Å². The first-order valence-corrected chi connectivity index (χ1v) is 5.89. The molecule has 0 amide bonds. The third-order valence-corrected chi connectivity index (χ3v) is 3.17. The van der Waals surface area contributed by atoms with Gasteiger partial charge >= 0.3 is 0 Å². The van der Waals surface area contributed by atoms with E-state index < -0.39 is 11.9 Å². The molecule has 3 nitrogen and oxygen atoms in total. The van der Waals surface area contributed by atoms with E-state index in [2.05, 4.69) is 10.4 Å². The molecule has 0 saturated heterocycles. The molecule has 0 aliphatic carbocycles. The first-order chi connectivity index (χ1) is 8.63. The molecule has 1 atom stereocenters. The van der Waals surface area contributed by atoms with Crippen molar-refractivity contribution in [3.05, 3.63) is 63.6 Å². The normalized spacial score (nSPS) is 12.4. The van der Waals surface area contributed by atoms with Crippen molar-refractivity contribution in [2.75, 3.05) is 0 Å². The van der Waals surface area contributed by atoms with Crippen molar-refractivity contribution in [1.29, 1.82) is 0 Å². The van der Waals surface area contributed by atoms with Crippen LogP contribution in [0.1, 0.15) is 17.2 Å². The Labute approximate surface area is 114 Å². The SMILES string of the molecule is NNC(c1cncc(F)c1)c1c(Cl)cccc1Cl. The second kappa shape index (κ2) is 5.63. The molecular formula is C12H10Cl2FN3. The number of halogens is 3.